The fraction of sp³-hybridized carbons (Fsp3) is 0.232. The number of rotatable bonds is 6. The highest BCUT2D eigenvalue weighted by atomic mass is 15.3. The summed E-state index contributed by atoms with van der Waals surface area (Å²) in [7, 11) is 0. The van der Waals surface area contributed by atoms with Gasteiger partial charge in [0.15, 0.2) is 0 Å². The van der Waals surface area contributed by atoms with Gasteiger partial charge < -0.3 is 4.90 Å². The third-order valence-electron chi connectivity index (χ3n) is 14.1. The molecule has 0 fully saturated rings. The largest absolute Gasteiger partial charge is 0.336 e. The highest BCUT2D eigenvalue weighted by molar-refractivity contribution is 6.97. The van der Waals surface area contributed by atoms with Gasteiger partial charge in [-0.2, -0.15) is 0 Å². The fourth-order valence-corrected chi connectivity index (χ4v) is 11.4. The highest BCUT2D eigenvalue weighted by Crippen LogP contribution is 2.59. The van der Waals surface area contributed by atoms with Crippen molar-refractivity contribution in [2.45, 2.75) is 83.6 Å². The van der Waals surface area contributed by atoms with Crippen LogP contribution in [0.1, 0.15) is 128 Å². The molecule has 0 amide bonds. The maximum absolute atomic E-state index is 2.81. The maximum atomic E-state index is 2.81. The molecule has 3 aliphatic rings. The average molecular weight is 751 g/mol. The smallest absolute Gasteiger partial charge is 0.242 e. The van der Waals surface area contributed by atoms with Crippen LogP contribution in [0.3, 0.4) is 0 Å². The van der Waals surface area contributed by atoms with Gasteiger partial charge in [-0.15, -0.1) is 0 Å². The molecule has 3 aliphatic heterocycles. The van der Waals surface area contributed by atoms with Crippen LogP contribution in [-0.4, -0.2) is 6.71 Å². The van der Waals surface area contributed by atoms with E-state index in [0.717, 1.165) is 0 Å². The van der Waals surface area contributed by atoms with Crippen LogP contribution in [0.4, 0.5) is 5.69 Å². The van der Waals surface area contributed by atoms with Gasteiger partial charge >= 0.3 is 0 Å². The van der Waals surface area contributed by atoms with E-state index < -0.39 is 5.54 Å². The summed E-state index contributed by atoms with van der Waals surface area (Å²) in [6.07, 6.45) is 0. The lowest BCUT2D eigenvalue weighted by molar-refractivity contribution is 0.607. The Labute approximate surface area is 346 Å². The second-order valence-corrected chi connectivity index (χ2v) is 18.6. The summed E-state index contributed by atoms with van der Waals surface area (Å²) in [6, 6.07) is 64.0. The molecule has 10 rings (SSSR count). The lowest BCUT2D eigenvalue weighted by Crippen LogP contribution is -2.66. The van der Waals surface area contributed by atoms with Crippen LogP contribution in [0.25, 0.3) is 0 Å². The van der Waals surface area contributed by atoms with Gasteiger partial charge in [0.25, 0.3) is 0 Å². The zero-order valence-corrected chi connectivity index (χ0v) is 35.3. The van der Waals surface area contributed by atoms with E-state index >= 15 is 0 Å². The molecular weight excluding hydrogens is 697 g/mol. The molecule has 3 heterocycles. The molecule has 0 unspecified atom stereocenters. The van der Waals surface area contributed by atoms with Gasteiger partial charge in [0.05, 0.1) is 0 Å². The van der Waals surface area contributed by atoms with E-state index in [-0.39, 0.29) is 17.5 Å². The lowest BCUT2D eigenvalue weighted by atomic mass is 9.27. The molecule has 0 spiro atoms. The van der Waals surface area contributed by atoms with E-state index in [1.54, 1.807) is 0 Å². The summed E-state index contributed by atoms with van der Waals surface area (Å²) in [5.41, 5.74) is 19.5. The number of hydrogen-bond donors (Lipinski definition) is 0. The molecule has 0 atom stereocenters. The quantitative estimate of drug-likeness (QED) is 0.153. The first-order valence-electron chi connectivity index (χ1n) is 21.4. The molecule has 0 saturated heterocycles. The van der Waals surface area contributed by atoms with Gasteiger partial charge in [-0.25, -0.2) is 0 Å². The average Bonchev–Trinajstić information content (AvgIpc) is 3.55. The number of fused-ring (bicyclic) bond motifs is 5. The third-order valence-corrected chi connectivity index (χ3v) is 14.1. The minimum absolute atomic E-state index is 0.186. The number of benzene rings is 7. The first kappa shape index (κ1) is 36.7. The molecule has 58 heavy (non-hydrogen) atoms. The zero-order valence-electron chi connectivity index (χ0n) is 35.3. The monoisotopic (exact) mass is 750 g/mol. The van der Waals surface area contributed by atoms with E-state index in [1.165, 1.54) is 89.3 Å². The summed E-state index contributed by atoms with van der Waals surface area (Å²) in [6.45, 7) is 19.5. The first-order valence-corrected chi connectivity index (χ1v) is 21.4. The molecule has 2 heteroatoms. The molecule has 7 aromatic rings. The molecule has 0 saturated carbocycles. The van der Waals surface area contributed by atoms with Crippen LogP contribution in [0.5, 0.6) is 0 Å². The Bertz CT molecular complexity index is 2560. The van der Waals surface area contributed by atoms with Crippen molar-refractivity contribution in [3.63, 3.8) is 0 Å². The molecule has 0 aromatic heterocycles. The van der Waals surface area contributed by atoms with Crippen LogP contribution in [-0.2, 0) is 16.4 Å². The highest BCUT2D eigenvalue weighted by Gasteiger charge is 2.56. The Hall–Kier alpha value is -5.60. The van der Waals surface area contributed by atoms with Gasteiger partial charge in [-0.3, -0.25) is 0 Å². The van der Waals surface area contributed by atoms with Crippen molar-refractivity contribution < 1.29 is 0 Å². The van der Waals surface area contributed by atoms with Gasteiger partial charge in [-0.1, -0.05) is 236 Å². The van der Waals surface area contributed by atoms with Crippen molar-refractivity contribution in [2.75, 3.05) is 4.90 Å². The summed E-state index contributed by atoms with van der Waals surface area (Å²) in [5, 5.41) is 0. The minimum atomic E-state index is -0.650. The van der Waals surface area contributed by atoms with Gasteiger partial charge in [0, 0.05) is 16.5 Å². The molecule has 0 aliphatic carbocycles. The van der Waals surface area contributed by atoms with E-state index in [2.05, 4.69) is 224 Å². The summed E-state index contributed by atoms with van der Waals surface area (Å²) in [5.74, 6) is 0.610. The van der Waals surface area contributed by atoms with Crippen molar-refractivity contribution in [2.24, 2.45) is 0 Å². The fourth-order valence-electron chi connectivity index (χ4n) is 11.4. The van der Waals surface area contributed by atoms with Crippen molar-refractivity contribution in [3.05, 3.63) is 231 Å². The summed E-state index contributed by atoms with van der Waals surface area (Å²) in [4.78, 5) is 2.81. The van der Waals surface area contributed by atoms with Crippen LogP contribution < -0.4 is 21.3 Å². The molecule has 1 nitrogen and oxygen atoms in total. The molecule has 7 aromatic carbocycles. The van der Waals surface area contributed by atoms with Crippen LogP contribution in [0.2, 0.25) is 0 Å². The maximum Gasteiger partial charge on any atom is 0.242 e. The predicted octanol–water partition coefficient (Wildman–Crippen LogP) is 11.5. The normalized spacial score (nSPS) is 16.9. The van der Waals surface area contributed by atoms with Crippen molar-refractivity contribution >= 4 is 28.8 Å². The third kappa shape index (κ3) is 4.97. The van der Waals surface area contributed by atoms with Crippen molar-refractivity contribution in [3.8, 4) is 0 Å². The van der Waals surface area contributed by atoms with Crippen molar-refractivity contribution in [1.29, 1.82) is 0 Å². The number of para-hydroxylation sites is 1. The van der Waals surface area contributed by atoms with Gasteiger partial charge in [0.2, 0.25) is 6.71 Å². The summed E-state index contributed by atoms with van der Waals surface area (Å²) < 4.78 is 0. The predicted molar refractivity (Wildman–Crippen MR) is 246 cm³/mol. The summed E-state index contributed by atoms with van der Waals surface area (Å²) >= 11 is 0. The molecule has 1 radical (unpaired) electrons. The van der Waals surface area contributed by atoms with E-state index in [0.29, 0.717) is 11.8 Å². The number of nitrogens with zero attached hydrogens (tertiary/aromatic N) is 1. The van der Waals surface area contributed by atoms with Crippen LogP contribution in [0, 0.1) is 6.04 Å². The second-order valence-electron chi connectivity index (χ2n) is 18.6. The minimum Gasteiger partial charge on any atom is -0.336 e. The Balaban J connectivity index is 1.37. The Morgan fingerprint density at radius 1 is 0.448 bits per heavy atom. The van der Waals surface area contributed by atoms with E-state index in [4.69, 9.17) is 0 Å². The Morgan fingerprint density at radius 3 is 1.36 bits per heavy atom. The second kappa shape index (κ2) is 13.2. The molecule has 0 bridgehead atoms. The van der Waals surface area contributed by atoms with E-state index in [1.807, 2.05) is 0 Å². The molecule has 285 valence electrons. The Kier molecular flexibility index (Phi) is 8.37. The molecule has 0 N–H and O–H groups in total. The van der Waals surface area contributed by atoms with Gasteiger partial charge in [-0.05, 0) is 73.0 Å². The van der Waals surface area contributed by atoms with Gasteiger partial charge in [0.1, 0.15) is 11.6 Å². The topological polar surface area (TPSA) is 3.24 Å². The first-order chi connectivity index (χ1) is 28.0. The van der Waals surface area contributed by atoms with Crippen LogP contribution in [0.15, 0.2) is 164 Å². The number of anilines is 1. The SMILES string of the molecule is CC(C)c1cccc(C(C)C)c1N1[C](c2cc3c4c(c2)C(C)(C)c2ccccc2B4c2ccccc2C3(C)C)c2ccccc2C1(c1ccccc1)c1ccccc1. The zero-order chi connectivity index (χ0) is 40.1. The van der Waals surface area contributed by atoms with E-state index in [9.17, 15) is 0 Å². The number of hydrogen-bond acceptors (Lipinski definition) is 1. The standard InChI is InChI=1S/C56H53BN/c1-36(2)41-27-21-28-42(37(3)4)53(41)58-52(43-26-15-16-29-44(43)56(58,39-22-11-9-12-23-39)40-24-13-10-14-25-40)38-34-47-51-48(35-38)55(7,8)46-31-18-20-33-50(46)57(51)49-32-19-17-30-45(49)54(47,5)6/h9-37H,1-8H3. The van der Waals surface area contributed by atoms with Crippen molar-refractivity contribution in [1.82, 2.24) is 0 Å². The van der Waals surface area contributed by atoms with Crippen LogP contribution >= 0.6 is 0 Å². The molecular formula is C56H53BN. The Morgan fingerprint density at radius 2 is 0.879 bits per heavy atom. The lowest BCUT2D eigenvalue weighted by Gasteiger charge is -2.48.